The van der Waals surface area contributed by atoms with Crippen molar-refractivity contribution >= 4 is 6.08 Å². The number of ether oxygens (including phenoxy) is 1. The van der Waals surface area contributed by atoms with Crippen LogP contribution in [-0.2, 0) is 0 Å². The van der Waals surface area contributed by atoms with Gasteiger partial charge in [-0.3, -0.25) is 0 Å². The zero-order valence-corrected chi connectivity index (χ0v) is 6.66. The SMILES string of the molecule is C=Cc1ncnc(OC)c1C. The lowest BCUT2D eigenvalue weighted by Crippen LogP contribution is -1.95. The first kappa shape index (κ1) is 7.72. The average molecular weight is 150 g/mol. The van der Waals surface area contributed by atoms with Gasteiger partial charge in [0, 0.05) is 5.56 Å². The van der Waals surface area contributed by atoms with E-state index in [0.29, 0.717) is 5.88 Å². The third-order valence-corrected chi connectivity index (χ3v) is 1.46. The van der Waals surface area contributed by atoms with E-state index in [9.17, 15) is 0 Å². The molecule has 0 aliphatic heterocycles. The normalized spacial score (nSPS) is 9.27. The van der Waals surface area contributed by atoms with Crippen LogP contribution >= 0.6 is 0 Å². The summed E-state index contributed by atoms with van der Waals surface area (Å²) in [6.07, 6.45) is 3.14. The number of methoxy groups -OCH3 is 1. The van der Waals surface area contributed by atoms with Gasteiger partial charge >= 0.3 is 0 Å². The summed E-state index contributed by atoms with van der Waals surface area (Å²) < 4.78 is 4.99. The number of nitrogens with zero attached hydrogens (tertiary/aromatic N) is 2. The summed E-state index contributed by atoms with van der Waals surface area (Å²) in [5.74, 6) is 0.606. The highest BCUT2D eigenvalue weighted by atomic mass is 16.5. The zero-order valence-electron chi connectivity index (χ0n) is 6.66. The molecule has 1 aromatic rings. The maximum atomic E-state index is 4.99. The molecule has 0 fully saturated rings. The monoisotopic (exact) mass is 150 g/mol. The molecule has 0 aromatic carbocycles. The lowest BCUT2D eigenvalue weighted by Gasteiger charge is -2.03. The number of hydrogen-bond acceptors (Lipinski definition) is 3. The molecule has 0 radical (unpaired) electrons. The van der Waals surface area contributed by atoms with Crippen molar-refractivity contribution < 1.29 is 4.74 Å². The second kappa shape index (κ2) is 3.14. The Labute approximate surface area is 65.8 Å². The predicted octanol–water partition coefficient (Wildman–Crippen LogP) is 1.44. The zero-order chi connectivity index (χ0) is 8.27. The van der Waals surface area contributed by atoms with Gasteiger partial charge in [0.25, 0.3) is 0 Å². The quantitative estimate of drug-likeness (QED) is 0.639. The van der Waals surface area contributed by atoms with E-state index in [2.05, 4.69) is 16.5 Å². The maximum Gasteiger partial charge on any atom is 0.219 e. The van der Waals surface area contributed by atoms with Gasteiger partial charge in [0.2, 0.25) is 5.88 Å². The summed E-state index contributed by atoms with van der Waals surface area (Å²) in [6.45, 7) is 5.52. The third-order valence-electron chi connectivity index (χ3n) is 1.46. The highest BCUT2D eigenvalue weighted by molar-refractivity contribution is 5.48. The van der Waals surface area contributed by atoms with Gasteiger partial charge < -0.3 is 4.74 Å². The molecule has 0 N–H and O–H groups in total. The van der Waals surface area contributed by atoms with Crippen molar-refractivity contribution in [3.05, 3.63) is 24.2 Å². The van der Waals surface area contributed by atoms with Crippen molar-refractivity contribution in [2.24, 2.45) is 0 Å². The Morgan fingerprint density at radius 1 is 1.55 bits per heavy atom. The second-order valence-corrected chi connectivity index (χ2v) is 2.10. The topological polar surface area (TPSA) is 35.0 Å². The summed E-state index contributed by atoms with van der Waals surface area (Å²) >= 11 is 0. The minimum atomic E-state index is 0.606. The van der Waals surface area contributed by atoms with E-state index in [1.54, 1.807) is 13.2 Å². The van der Waals surface area contributed by atoms with Crippen LogP contribution in [0.5, 0.6) is 5.88 Å². The Hall–Kier alpha value is -1.38. The molecule has 0 unspecified atom stereocenters. The van der Waals surface area contributed by atoms with Crippen LogP contribution in [0.1, 0.15) is 11.3 Å². The van der Waals surface area contributed by atoms with Gasteiger partial charge in [0.15, 0.2) is 0 Å². The van der Waals surface area contributed by atoms with E-state index >= 15 is 0 Å². The first-order valence-electron chi connectivity index (χ1n) is 3.27. The third kappa shape index (κ3) is 1.37. The van der Waals surface area contributed by atoms with Crippen LogP contribution in [0, 0.1) is 6.92 Å². The smallest absolute Gasteiger partial charge is 0.219 e. The Morgan fingerprint density at radius 3 is 2.82 bits per heavy atom. The second-order valence-electron chi connectivity index (χ2n) is 2.10. The van der Waals surface area contributed by atoms with Crippen LogP contribution in [0.15, 0.2) is 12.9 Å². The van der Waals surface area contributed by atoms with E-state index < -0.39 is 0 Å². The number of hydrogen-bond donors (Lipinski definition) is 0. The van der Waals surface area contributed by atoms with Crippen molar-refractivity contribution in [2.45, 2.75) is 6.92 Å². The molecule has 0 bridgehead atoms. The van der Waals surface area contributed by atoms with Crippen molar-refractivity contribution in [3.63, 3.8) is 0 Å². The van der Waals surface area contributed by atoms with Gasteiger partial charge in [0.05, 0.1) is 12.8 Å². The van der Waals surface area contributed by atoms with Crippen molar-refractivity contribution in [3.8, 4) is 5.88 Å². The summed E-state index contributed by atoms with van der Waals surface area (Å²) in [7, 11) is 1.59. The molecule has 3 nitrogen and oxygen atoms in total. The molecule has 11 heavy (non-hydrogen) atoms. The number of aromatic nitrogens is 2. The van der Waals surface area contributed by atoms with Crippen molar-refractivity contribution in [2.75, 3.05) is 7.11 Å². The summed E-state index contributed by atoms with van der Waals surface area (Å²) in [5, 5.41) is 0. The lowest BCUT2D eigenvalue weighted by atomic mass is 10.2. The van der Waals surface area contributed by atoms with E-state index in [1.807, 2.05) is 6.92 Å². The molecule has 0 aliphatic carbocycles. The predicted molar refractivity (Wildman–Crippen MR) is 43.4 cm³/mol. The van der Waals surface area contributed by atoms with Crippen molar-refractivity contribution in [1.29, 1.82) is 0 Å². The van der Waals surface area contributed by atoms with Crippen LogP contribution in [0.4, 0.5) is 0 Å². The molecule has 1 aromatic heterocycles. The summed E-state index contributed by atoms with van der Waals surface area (Å²) in [5.41, 5.74) is 1.74. The van der Waals surface area contributed by atoms with E-state index in [4.69, 9.17) is 4.74 Å². The maximum absolute atomic E-state index is 4.99. The molecule has 3 heteroatoms. The Morgan fingerprint density at radius 2 is 2.27 bits per heavy atom. The average Bonchev–Trinajstić information content (AvgIpc) is 2.05. The minimum absolute atomic E-state index is 0.606. The first-order chi connectivity index (χ1) is 5.29. The van der Waals surface area contributed by atoms with Gasteiger partial charge in [-0.05, 0) is 13.0 Å². The molecular weight excluding hydrogens is 140 g/mol. The van der Waals surface area contributed by atoms with Gasteiger partial charge in [-0.1, -0.05) is 6.58 Å². The van der Waals surface area contributed by atoms with Gasteiger partial charge in [-0.25, -0.2) is 9.97 Å². The molecule has 0 spiro atoms. The summed E-state index contributed by atoms with van der Waals surface area (Å²) in [6, 6.07) is 0. The van der Waals surface area contributed by atoms with E-state index in [1.165, 1.54) is 6.33 Å². The van der Waals surface area contributed by atoms with Crippen molar-refractivity contribution in [1.82, 2.24) is 9.97 Å². The summed E-state index contributed by atoms with van der Waals surface area (Å²) in [4.78, 5) is 7.92. The Bertz CT molecular complexity index is 271. The molecule has 1 heterocycles. The van der Waals surface area contributed by atoms with Gasteiger partial charge in [0.1, 0.15) is 6.33 Å². The lowest BCUT2D eigenvalue weighted by molar-refractivity contribution is 0.393. The standard InChI is InChI=1S/C8H10N2O/c1-4-7-6(2)8(11-3)10-5-9-7/h4-5H,1H2,2-3H3. The molecule has 0 amide bonds. The van der Waals surface area contributed by atoms with Crippen LogP contribution in [0.25, 0.3) is 6.08 Å². The molecule has 0 aliphatic rings. The molecule has 58 valence electrons. The fourth-order valence-corrected chi connectivity index (χ4v) is 0.858. The van der Waals surface area contributed by atoms with Gasteiger partial charge in [-0.15, -0.1) is 0 Å². The van der Waals surface area contributed by atoms with E-state index in [0.717, 1.165) is 11.3 Å². The molecular formula is C8H10N2O. The molecule has 0 saturated heterocycles. The van der Waals surface area contributed by atoms with Crippen LogP contribution in [0.2, 0.25) is 0 Å². The fourth-order valence-electron chi connectivity index (χ4n) is 0.858. The fraction of sp³-hybridized carbons (Fsp3) is 0.250. The van der Waals surface area contributed by atoms with Crippen LogP contribution in [-0.4, -0.2) is 17.1 Å². The van der Waals surface area contributed by atoms with Crippen LogP contribution in [0.3, 0.4) is 0 Å². The highest BCUT2D eigenvalue weighted by Gasteiger charge is 2.02. The Kier molecular flexibility index (Phi) is 2.21. The molecule has 0 atom stereocenters. The van der Waals surface area contributed by atoms with E-state index in [-0.39, 0.29) is 0 Å². The first-order valence-corrected chi connectivity index (χ1v) is 3.27. The minimum Gasteiger partial charge on any atom is -0.481 e. The molecule has 0 saturated carbocycles. The molecule has 1 rings (SSSR count). The van der Waals surface area contributed by atoms with Gasteiger partial charge in [-0.2, -0.15) is 0 Å². The van der Waals surface area contributed by atoms with Crippen LogP contribution < -0.4 is 4.74 Å². The number of rotatable bonds is 2. The highest BCUT2D eigenvalue weighted by Crippen LogP contribution is 2.15. The Balaban J connectivity index is 3.20. The largest absolute Gasteiger partial charge is 0.481 e.